The van der Waals surface area contributed by atoms with Crippen LogP contribution in [0, 0.1) is 17.6 Å². The molecule has 1 aliphatic carbocycles. The van der Waals surface area contributed by atoms with Crippen LogP contribution in [0.15, 0.2) is 18.2 Å². The Kier molecular flexibility index (Phi) is 4.47. The number of rotatable bonds is 4. The Bertz CT molecular complexity index is 445. The van der Waals surface area contributed by atoms with E-state index in [1.54, 1.807) is 0 Å². The van der Waals surface area contributed by atoms with Gasteiger partial charge in [-0.25, -0.2) is 8.78 Å². The van der Waals surface area contributed by atoms with E-state index in [1.165, 1.54) is 6.07 Å². The van der Waals surface area contributed by atoms with Gasteiger partial charge in [0.05, 0.1) is 6.42 Å². The summed E-state index contributed by atoms with van der Waals surface area (Å²) in [5.74, 6) is -1.47. The van der Waals surface area contributed by atoms with Crippen molar-refractivity contribution in [1.29, 1.82) is 0 Å². The van der Waals surface area contributed by atoms with E-state index in [1.807, 2.05) is 0 Å². The largest absolute Gasteiger partial charge is 0.355 e. The van der Waals surface area contributed by atoms with Crippen molar-refractivity contribution >= 4 is 5.91 Å². The van der Waals surface area contributed by atoms with Crippen molar-refractivity contribution in [2.24, 2.45) is 11.7 Å². The van der Waals surface area contributed by atoms with Crippen molar-refractivity contribution in [1.82, 2.24) is 5.32 Å². The number of nitrogens with one attached hydrogen (secondary N) is 1. The minimum absolute atomic E-state index is 0.116. The van der Waals surface area contributed by atoms with E-state index in [4.69, 9.17) is 5.73 Å². The molecule has 104 valence electrons. The lowest BCUT2D eigenvalue weighted by Gasteiger charge is -2.16. The molecule has 0 aliphatic heterocycles. The number of hydrogen-bond acceptors (Lipinski definition) is 2. The van der Waals surface area contributed by atoms with E-state index in [0.29, 0.717) is 6.54 Å². The Morgan fingerprint density at radius 1 is 1.32 bits per heavy atom. The van der Waals surface area contributed by atoms with E-state index in [-0.39, 0.29) is 29.9 Å². The van der Waals surface area contributed by atoms with Crippen LogP contribution in [0.25, 0.3) is 0 Å². The minimum Gasteiger partial charge on any atom is -0.355 e. The third-order valence-corrected chi connectivity index (χ3v) is 3.68. The molecule has 3 nitrogen and oxygen atoms in total. The molecule has 5 heteroatoms. The summed E-state index contributed by atoms with van der Waals surface area (Å²) in [6.45, 7) is 0.482. The Morgan fingerprint density at radius 2 is 2.00 bits per heavy atom. The summed E-state index contributed by atoms with van der Waals surface area (Å²) in [5.41, 5.74) is 5.71. The van der Waals surface area contributed by atoms with Crippen molar-refractivity contribution in [2.75, 3.05) is 6.54 Å². The first-order chi connectivity index (χ1) is 9.08. The molecule has 0 bridgehead atoms. The fourth-order valence-electron chi connectivity index (χ4n) is 2.49. The van der Waals surface area contributed by atoms with Crippen molar-refractivity contribution in [3.63, 3.8) is 0 Å². The molecular weight excluding hydrogens is 250 g/mol. The van der Waals surface area contributed by atoms with Gasteiger partial charge in [-0.15, -0.1) is 0 Å². The number of carbonyl (C=O) groups is 1. The summed E-state index contributed by atoms with van der Waals surface area (Å²) in [5, 5.41) is 2.71. The van der Waals surface area contributed by atoms with Gasteiger partial charge in [0.15, 0.2) is 0 Å². The van der Waals surface area contributed by atoms with Gasteiger partial charge in [0.2, 0.25) is 5.91 Å². The third kappa shape index (κ3) is 3.50. The zero-order valence-corrected chi connectivity index (χ0v) is 10.7. The highest BCUT2D eigenvalue weighted by atomic mass is 19.1. The van der Waals surface area contributed by atoms with E-state index >= 15 is 0 Å². The van der Waals surface area contributed by atoms with Crippen LogP contribution in [0.1, 0.15) is 24.8 Å². The second kappa shape index (κ2) is 6.10. The van der Waals surface area contributed by atoms with Gasteiger partial charge in [0.25, 0.3) is 0 Å². The number of nitrogens with two attached hydrogens (primary N) is 1. The maximum Gasteiger partial charge on any atom is 0.224 e. The maximum absolute atomic E-state index is 13.4. The maximum atomic E-state index is 13.4. The molecular formula is C14H18F2N2O. The summed E-state index contributed by atoms with van der Waals surface area (Å²) < 4.78 is 26.7. The van der Waals surface area contributed by atoms with Crippen molar-refractivity contribution in [2.45, 2.75) is 31.7 Å². The predicted molar refractivity (Wildman–Crippen MR) is 68.4 cm³/mol. The second-order valence-electron chi connectivity index (χ2n) is 5.04. The summed E-state index contributed by atoms with van der Waals surface area (Å²) in [6, 6.07) is 3.70. The van der Waals surface area contributed by atoms with Crippen LogP contribution in [0.3, 0.4) is 0 Å². The van der Waals surface area contributed by atoms with Crippen LogP contribution < -0.4 is 11.1 Å². The quantitative estimate of drug-likeness (QED) is 0.874. The second-order valence-corrected chi connectivity index (χ2v) is 5.04. The minimum atomic E-state index is -0.687. The molecule has 0 saturated heterocycles. The monoisotopic (exact) mass is 268 g/mol. The van der Waals surface area contributed by atoms with Crippen LogP contribution in [-0.4, -0.2) is 18.5 Å². The van der Waals surface area contributed by atoms with Gasteiger partial charge in [0, 0.05) is 18.2 Å². The highest BCUT2D eigenvalue weighted by Gasteiger charge is 2.24. The topological polar surface area (TPSA) is 55.1 Å². The number of carbonyl (C=O) groups excluding carboxylic acids is 1. The van der Waals surface area contributed by atoms with Crippen LogP contribution >= 0.6 is 0 Å². The summed E-state index contributed by atoms with van der Waals surface area (Å²) in [7, 11) is 0. The van der Waals surface area contributed by atoms with Crippen molar-refractivity contribution in [3.05, 3.63) is 35.4 Å². The van der Waals surface area contributed by atoms with Gasteiger partial charge in [-0.05, 0) is 30.9 Å². The normalized spacial score (nSPS) is 22.5. The first-order valence-electron chi connectivity index (χ1n) is 6.53. The number of benzene rings is 1. The van der Waals surface area contributed by atoms with Gasteiger partial charge >= 0.3 is 0 Å². The summed E-state index contributed by atoms with van der Waals surface area (Å²) in [4.78, 5) is 11.7. The average Bonchev–Trinajstić information content (AvgIpc) is 2.77. The van der Waals surface area contributed by atoms with Gasteiger partial charge in [0.1, 0.15) is 11.6 Å². The lowest BCUT2D eigenvalue weighted by molar-refractivity contribution is -0.120. The van der Waals surface area contributed by atoms with E-state index in [9.17, 15) is 13.6 Å². The molecule has 1 aliphatic rings. The fraction of sp³-hybridized carbons (Fsp3) is 0.500. The van der Waals surface area contributed by atoms with E-state index in [0.717, 1.165) is 31.4 Å². The molecule has 1 amide bonds. The lowest BCUT2D eigenvalue weighted by atomic mass is 10.0. The van der Waals surface area contributed by atoms with Crippen LogP contribution in [0.4, 0.5) is 8.78 Å². The highest BCUT2D eigenvalue weighted by Crippen LogP contribution is 2.23. The standard InChI is InChI=1S/C14H18F2N2O/c15-11-4-2-5-12(16)10(11)7-14(19)18-8-9-3-1-6-13(9)17/h2,4-5,9,13H,1,3,6-8,17H2,(H,18,19). The van der Waals surface area contributed by atoms with Crippen molar-refractivity contribution in [3.8, 4) is 0 Å². The Balaban J connectivity index is 1.87. The summed E-state index contributed by atoms with van der Waals surface area (Å²) in [6.07, 6.45) is 2.77. The molecule has 1 saturated carbocycles. The smallest absolute Gasteiger partial charge is 0.224 e. The Hall–Kier alpha value is -1.49. The van der Waals surface area contributed by atoms with E-state index < -0.39 is 11.6 Å². The molecule has 2 rings (SSSR count). The molecule has 3 N–H and O–H groups in total. The molecule has 1 aromatic carbocycles. The molecule has 2 unspecified atom stereocenters. The molecule has 19 heavy (non-hydrogen) atoms. The Morgan fingerprint density at radius 3 is 2.58 bits per heavy atom. The third-order valence-electron chi connectivity index (χ3n) is 3.68. The van der Waals surface area contributed by atoms with Gasteiger partial charge in [-0.3, -0.25) is 4.79 Å². The average molecular weight is 268 g/mol. The molecule has 0 spiro atoms. The van der Waals surface area contributed by atoms with E-state index in [2.05, 4.69) is 5.32 Å². The first-order valence-corrected chi connectivity index (χ1v) is 6.53. The number of halogens is 2. The highest BCUT2D eigenvalue weighted by molar-refractivity contribution is 5.78. The van der Waals surface area contributed by atoms with Crippen LogP contribution in [0.2, 0.25) is 0 Å². The molecule has 0 radical (unpaired) electrons. The fourth-order valence-corrected chi connectivity index (χ4v) is 2.49. The molecule has 0 aromatic heterocycles. The molecule has 1 fully saturated rings. The molecule has 1 aromatic rings. The van der Waals surface area contributed by atoms with Gasteiger partial charge < -0.3 is 11.1 Å². The number of amides is 1. The zero-order valence-electron chi connectivity index (χ0n) is 10.7. The lowest BCUT2D eigenvalue weighted by Crippen LogP contribution is -2.36. The molecule has 2 atom stereocenters. The van der Waals surface area contributed by atoms with Gasteiger partial charge in [-0.2, -0.15) is 0 Å². The van der Waals surface area contributed by atoms with Gasteiger partial charge in [-0.1, -0.05) is 12.5 Å². The van der Waals surface area contributed by atoms with Crippen LogP contribution in [0.5, 0.6) is 0 Å². The number of hydrogen-bond donors (Lipinski definition) is 2. The Labute approximate surface area is 111 Å². The van der Waals surface area contributed by atoms with Crippen LogP contribution in [-0.2, 0) is 11.2 Å². The SMILES string of the molecule is NC1CCCC1CNC(=O)Cc1c(F)cccc1F. The first kappa shape index (κ1) is 13.9. The van der Waals surface area contributed by atoms with Crippen molar-refractivity contribution < 1.29 is 13.6 Å². The predicted octanol–water partition coefficient (Wildman–Crippen LogP) is 1.75. The molecule has 0 heterocycles. The summed E-state index contributed by atoms with van der Waals surface area (Å²) >= 11 is 0. The zero-order chi connectivity index (χ0) is 13.8.